The zero-order chi connectivity index (χ0) is 18.0. The molecule has 0 atom stereocenters. The topological polar surface area (TPSA) is 58.6 Å². The molecule has 3 rings (SSSR count). The predicted octanol–water partition coefficient (Wildman–Crippen LogP) is 3.07. The molecule has 0 radical (unpaired) electrons. The third-order valence-corrected chi connectivity index (χ3v) is 3.62. The summed E-state index contributed by atoms with van der Waals surface area (Å²) < 4.78 is 42.8. The molecule has 2 aromatic carbocycles. The van der Waals surface area contributed by atoms with Gasteiger partial charge in [0.1, 0.15) is 12.3 Å². The second kappa shape index (κ2) is 6.46. The van der Waals surface area contributed by atoms with Crippen LogP contribution in [-0.2, 0) is 15.8 Å². The lowest BCUT2D eigenvalue weighted by molar-refractivity contribution is -0.137. The third-order valence-electron chi connectivity index (χ3n) is 3.62. The van der Waals surface area contributed by atoms with Crippen LogP contribution in [0.25, 0.3) is 0 Å². The summed E-state index contributed by atoms with van der Waals surface area (Å²) in [6.07, 6.45) is -4.43. The first-order valence-electron chi connectivity index (χ1n) is 7.34. The number of amides is 2. The van der Waals surface area contributed by atoms with E-state index in [1.165, 1.54) is 4.90 Å². The highest BCUT2D eigenvalue weighted by atomic mass is 19.4. The molecule has 0 spiro atoms. The van der Waals surface area contributed by atoms with Crippen molar-refractivity contribution in [3.63, 3.8) is 0 Å². The number of nitrogens with zero attached hydrogens (tertiary/aromatic N) is 1. The van der Waals surface area contributed by atoms with Crippen molar-refractivity contribution < 1.29 is 27.5 Å². The van der Waals surface area contributed by atoms with Gasteiger partial charge in [0.25, 0.3) is 5.91 Å². The van der Waals surface area contributed by atoms with Crippen LogP contribution in [0.1, 0.15) is 5.56 Å². The molecular formula is C17H13F3N2O3. The molecule has 2 aromatic rings. The van der Waals surface area contributed by atoms with Crippen molar-refractivity contribution in [3.8, 4) is 5.75 Å². The molecule has 1 aliphatic heterocycles. The van der Waals surface area contributed by atoms with Crippen LogP contribution < -0.4 is 15.0 Å². The summed E-state index contributed by atoms with van der Waals surface area (Å²) in [5.74, 6) is -0.667. The normalized spacial score (nSPS) is 13.9. The number of anilines is 2. The SMILES string of the molecule is O=C1CN(C(=O)COc2ccc(C(F)(F)F)cc2)c2ccccc2N1. The molecule has 8 heteroatoms. The van der Waals surface area contributed by atoms with Crippen molar-refractivity contribution in [3.05, 3.63) is 54.1 Å². The van der Waals surface area contributed by atoms with Crippen LogP contribution in [0.3, 0.4) is 0 Å². The Balaban J connectivity index is 1.68. The molecule has 5 nitrogen and oxygen atoms in total. The lowest BCUT2D eigenvalue weighted by Gasteiger charge is -2.29. The van der Waals surface area contributed by atoms with E-state index >= 15 is 0 Å². The summed E-state index contributed by atoms with van der Waals surface area (Å²) in [5.41, 5.74) is 0.262. The van der Waals surface area contributed by atoms with Crippen molar-refractivity contribution in [1.29, 1.82) is 0 Å². The first-order chi connectivity index (χ1) is 11.8. The molecule has 1 heterocycles. The van der Waals surface area contributed by atoms with Crippen LogP contribution in [0.15, 0.2) is 48.5 Å². The van der Waals surface area contributed by atoms with Crippen LogP contribution in [0.4, 0.5) is 24.5 Å². The molecule has 1 N–H and O–H groups in total. The van der Waals surface area contributed by atoms with Crippen molar-refractivity contribution in [2.75, 3.05) is 23.4 Å². The number of para-hydroxylation sites is 2. The monoisotopic (exact) mass is 350 g/mol. The molecule has 0 unspecified atom stereocenters. The van der Waals surface area contributed by atoms with Crippen molar-refractivity contribution >= 4 is 23.2 Å². The maximum absolute atomic E-state index is 12.5. The van der Waals surface area contributed by atoms with E-state index in [2.05, 4.69) is 5.32 Å². The first kappa shape index (κ1) is 16.8. The maximum Gasteiger partial charge on any atom is 0.416 e. The van der Waals surface area contributed by atoms with Gasteiger partial charge in [-0.1, -0.05) is 12.1 Å². The van der Waals surface area contributed by atoms with E-state index in [1.807, 2.05) is 0 Å². The molecule has 0 aromatic heterocycles. The molecular weight excluding hydrogens is 337 g/mol. The molecule has 0 bridgehead atoms. The highest BCUT2D eigenvalue weighted by Crippen LogP contribution is 2.31. The summed E-state index contributed by atoms with van der Waals surface area (Å²) in [5, 5.41) is 2.66. The zero-order valence-corrected chi connectivity index (χ0v) is 12.8. The van der Waals surface area contributed by atoms with E-state index in [9.17, 15) is 22.8 Å². The standard InChI is InChI=1S/C17H13F3N2O3/c18-17(19,20)11-5-7-12(8-6-11)25-10-16(24)22-9-15(23)21-13-3-1-2-4-14(13)22/h1-8H,9-10H2,(H,21,23). The fraction of sp³-hybridized carbons (Fsp3) is 0.176. The average Bonchev–Trinajstić information content (AvgIpc) is 2.58. The van der Waals surface area contributed by atoms with E-state index in [1.54, 1.807) is 24.3 Å². The molecule has 0 saturated carbocycles. The van der Waals surface area contributed by atoms with Gasteiger partial charge in [0.05, 0.1) is 16.9 Å². The lowest BCUT2D eigenvalue weighted by atomic mass is 10.2. The van der Waals surface area contributed by atoms with E-state index in [0.29, 0.717) is 11.4 Å². The molecule has 2 amide bonds. The molecule has 1 aliphatic rings. The van der Waals surface area contributed by atoms with Crippen molar-refractivity contribution in [1.82, 2.24) is 0 Å². The predicted molar refractivity (Wildman–Crippen MR) is 84.4 cm³/mol. The Bertz CT molecular complexity index is 804. The summed E-state index contributed by atoms with van der Waals surface area (Å²) in [4.78, 5) is 25.3. The number of hydrogen-bond donors (Lipinski definition) is 1. The maximum atomic E-state index is 12.5. The summed E-state index contributed by atoms with van der Waals surface area (Å²) in [6.45, 7) is -0.542. The van der Waals surface area contributed by atoms with Gasteiger partial charge in [-0.05, 0) is 36.4 Å². The fourth-order valence-corrected chi connectivity index (χ4v) is 2.42. The first-order valence-corrected chi connectivity index (χ1v) is 7.34. The highest BCUT2D eigenvalue weighted by molar-refractivity contribution is 6.10. The number of halogens is 3. The van der Waals surface area contributed by atoms with Gasteiger partial charge >= 0.3 is 6.18 Å². The second-order valence-electron chi connectivity index (χ2n) is 5.36. The van der Waals surface area contributed by atoms with Gasteiger partial charge in [-0.25, -0.2) is 0 Å². The number of benzene rings is 2. The Hall–Kier alpha value is -3.03. The van der Waals surface area contributed by atoms with Gasteiger partial charge in [-0.15, -0.1) is 0 Å². The average molecular weight is 350 g/mol. The second-order valence-corrected chi connectivity index (χ2v) is 5.36. The summed E-state index contributed by atoms with van der Waals surface area (Å²) in [6, 6.07) is 10.9. The number of ether oxygens (including phenoxy) is 1. The van der Waals surface area contributed by atoms with Crippen LogP contribution in [0, 0.1) is 0 Å². The number of rotatable bonds is 3. The minimum Gasteiger partial charge on any atom is -0.484 e. The van der Waals surface area contributed by atoms with Crippen molar-refractivity contribution in [2.24, 2.45) is 0 Å². The van der Waals surface area contributed by atoms with Gasteiger partial charge in [-0.2, -0.15) is 13.2 Å². The van der Waals surface area contributed by atoms with E-state index in [0.717, 1.165) is 24.3 Å². The zero-order valence-electron chi connectivity index (χ0n) is 12.8. The molecule has 0 saturated heterocycles. The van der Waals surface area contributed by atoms with Crippen LogP contribution in [0.5, 0.6) is 5.75 Å². The van der Waals surface area contributed by atoms with E-state index in [-0.39, 0.29) is 18.2 Å². The Morgan fingerprint density at radius 3 is 2.48 bits per heavy atom. The van der Waals surface area contributed by atoms with Crippen LogP contribution >= 0.6 is 0 Å². The molecule has 0 fully saturated rings. The third kappa shape index (κ3) is 3.73. The summed E-state index contributed by atoms with van der Waals surface area (Å²) in [7, 11) is 0. The number of carbonyl (C=O) groups excluding carboxylic acids is 2. The smallest absolute Gasteiger partial charge is 0.416 e. The Kier molecular flexibility index (Phi) is 4.35. The Morgan fingerprint density at radius 1 is 1.12 bits per heavy atom. The molecule has 25 heavy (non-hydrogen) atoms. The Morgan fingerprint density at radius 2 is 1.80 bits per heavy atom. The van der Waals surface area contributed by atoms with Crippen molar-refractivity contribution in [2.45, 2.75) is 6.18 Å². The van der Waals surface area contributed by atoms with Gasteiger partial charge in [0, 0.05) is 0 Å². The van der Waals surface area contributed by atoms with Crippen LogP contribution in [-0.4, -0.2) is 25.0 Å². The minimum absolute atomic E-state index is 0.135. The number of alkyl halides is 3. The number of hydrogen-bond acceptors (Lipinski definition) is 3. The van der Waals surface area contributed by atoms with E-state index < -0.39 is 24.3 Å². The van der Waals surface area contributed by atoms with Gasteiger partial charge < -0.3 is 10.1 Å². The van der Waals surface area contributed by atoms with Gasteiger partial charge in [0.2, 0.25) is 5.91 Å². The minimum atomic E-state index is -4.43. The molecule has 0 aliphatic carbocycles. The van der Waals surface area contributed by atoms with Gasteiger partial charge in [-0.3, -0.25) is 14.5 Å². The summed E-state index contributed by atoms with van der Waals surface area (Å²) >= 11 is 0. The van der Waals surface area contributed by atoms with Crippen LogP contribution in [0.2, 0.25) is 0 Å². The lowest BCUT2D eigenvalue weighted by Crippen LogP contribution is -2.44. The fourth-order valence-electron chi connectivity index (χ4n) is 2.42. The molecule has 130 valence electrons. The largest absolute Gasteiger partial charge is 0.484 e. The number of fused-ring (bicyclic) bond motifs is 1. The highest BCUT2D eigenvalue weighted by Gasteiger charge is 2.30. The number of carbonyl (C=O) groups is 2. The van der Waals surface area contributed by atoms with E-state index in [4.69, 9.17) is 4.74 Å². The van der Waals surface area contributed by atoms with Gasteiger partial charge in [0.15, 0.2) is 6.61 Å². The number of nitrogens with one attached hydrogen (secondary N) is 1. The Labute approximate surface area is 141 Å². The quantitative estimate of drug-likeness (QED) is 0.926.